The number of hydrogen-bond donors (Lipinski definition) is 1. The largest absolute Gasteiger partial charge is 0.425 e. The van der Waals surface area contributed by atoms with Crippen molar-refractivity contribution in [3.8, 4) is 0 Å². The van der Waals surface area contributed by atoms with Crippen LogP contribution in [0.15, 0.2) is 47.5 Å². The van der Waals surface area contributed by atoms with Crippen LogP contribution in [0.4, 0.5) is 4.39 Å². The van der Waals surface area contributed by atoms with Gasteiger partial charge >= 0.3 is 5.56 Å². The Bertz CT molecular complexity index is 1350. The summed E-state index contributed by atoms with van der Waals surface area (Å²) in [5.74, 6) is -0.259. The molecule has 0 unspecified atom stereocenters. The van der Waals surface area contributed by atoms with Crippen molar-refractivity contribution in [1.82, 2.24) is 24.1 Å². The molecule has 8 heteroatoms. The minimum atomic E-state index is -0.515. The number of likely N-dealkylation sites (N-methyl/N-ethyl adjacent to an activating group) is 1. The van der Waals surface area contributed by atoms with Gasteiger partial charge in [-0.2, -0.15) is 4.73 Å². The monoisotopic (exact) mass is 435 g/mol. The molecule has 0 saturated carbocycles. The lowest BCUT2D eigenvalue weighted by molar-refractivity contribution is 0.148. The second-order valence-electron chi connectivity index (χ2n) is 8.67. The second kappa shape index (κ2) is 8.03. The highest BCUT2D eigenvalue weighted by Gasteiger charge is 2.20. The molecule has 0 aliphatic carbocycles. The summed E-state index contributed by atoms with van der Waals surface area (Å²) in [5.41, 5.74) is 3.22. The number of piperazine rings is 1. The fraction of sp³-hybridized carbons (Fsp3) is 0.333. The molecule has 3 aromatic heterocycles. The van der Waals surface area contributed by atoms with E-state index in [0.717, 1.165) is 60.1 Å². The van der Waals surface area contributed by atoms with Gasteiger partial charge in [-0.15, -0.1) is 0 Å². The SMILES string of the molecule is Cc1cc2c(ncc3c2c(CN2CCN(C)CC2)cn3Cc2ccc(F)cc2)c(=O)n1O. The molecular formula is C24H26FN5O2. The predicted molar refractivity (Wildman–Crippen MR) is 122 cm³/mol. The van der Waals surface area contributed by atoms with Crippen LogP contribution in [0, 0.1) is 12.7 Å². The number of aryl methyl sites for hydroxylation is 1. The zero-order valence-corrected chi connectivity index (χ0v) is 18.3. The number of benzene rings is 1. The van der Waals surface area contributed by atoms with Crippen molar-refractivity contribution in [2.24, 2.45) is 0 Å². The standard InChI is InChI=1S/C24H26FN5O2/c1-16-11-20-22-18(14-28-9-7-27(2)8-10-28)15-29(13-17-3-5-19(25)6-4-17)21(22)12-26-23(20)24(31)30(16)32/h3-6,11-12,15,32H,7-10,13-14H2,1-2H3. The Morgan fingerprint density at radius 3 is 2.53 bits per heavy atom. The summed E-state index contributed by atoms with van der Waals surface area (Å²) in [5, 5.41) is 11.8. The minimum absolute atomic E-state index is 0.254. The number of halogens is 1. The van der Waals surface area contributed by atoms with E-state index in [1.54, 1.807) is 25.3 Å². The van der Waals surface area contributed by atoms with Crippen LogP contribution in [0.3, 0.4) is 0 Å². The Labute approximate surface area is 184 Å². The topological polar surface area (TPSA) is 66.5 Å². The lowest BCUT2D eigenvalue weighted by Gasteiger charge is -2.32. The summed E-state index contributed by atoms with van der Waals surface area (Å²) in [6.45, 7) is 7.04. The van der Waals surface area contributed by atoms with Crippen LogP contribution in [0.2, 0.25) is 0 Å². The highest BCUT2D eigenvalue weighted by atomic mass is 19.1. The summed E-state index contributed by atoms with van der Waals surface area (Å²) < 4.78 is 16.1. The van der Waals surface area contributed by atoms with E-state index in [1.165, 1.54) is 12.1 Å². The maximum absolute atomic E-state index is 13.4. The highest BCUT2D eigenvalue weighted by molar-refractivity contribution is 6.06. The van der Waals surface area contributed by atoms with Crippen molar-refractivity contribution in [3.63, 3.8) is 0 Å². The third-order valence-electron chi connectivity index (χ3n) is 6.38. The first-order valence-corrected chi connectivity index (χ1v) is 10.8. The van der Waals surface area contributed by atoms with Crippen molar-refractivity contribution < 1.29 is 9.60 Å². The van der Waals surface area contributed by atoms with Gasteiger partial charge in [0.1, 0.15) is 11.3 Å². The first kappa shape index (κ1) is 20.7. The first-order valence-electron chi connectivity index (χ1n) is 10.8. The number of aromatic nitrogens is 3. The Hall–Kier alpha value is -3.23. The van der Waals surface area contributed by atoms with Gasteiger partial charge in [-0.3, -0.25) is 9.69 Å². The van der Waals surface area contributed by atoms with E-state index in [1.807, 2.05) is 6.07 Å². The molecular weight excluding hydrogens is 409 g/mol. The Balaban J connectivity index is 1.66. The molecule has 1 fully saturated rings. The van der Waals surface area contributed by atoms with Crippen LogP contribution in [-0.4, -0.2) is 62.5 Å². The van der Waals surface area contributed by atoms with Gasteiger partial charge in [-0.1, -0.05) is 12.1 Å². The Morgan fingerprint density at radius 1 is 1.09 bits per heavy atom. The molecule has 1 aliphatic heterocycles. The number of rotatable bonds is 4. The minimum Gasteiger partial charge on any atom is -0.425 e. The van der Waals surface area contributed by atoms with Gasteiger partial charge in [-0.25, -0.2) is 9.37 Å². The Kier molecular flexibility index (Phi) is 5.19. The average Bonchev–Trinajstić information content (AvgIpc) is 3.12. The molecule has 0 atom stereocenters. The molecule has 166 valence electrons. The molecule has 7 nitrogen and oxygen atoms in total. The number of nitrogens with zero attached hydrogens (tertiary/aromatic N) is 5. The predicted octanol–water partition coefficient (Wildman–Crippen LogP) is 2.83. The van der Waals surface area contributed by atoms with Gasteiger partial charge in [0.2, 0.25) is 0 Å². The van der Waals surface area contributed by atoms with Gasteiger partial charge in [0.05, 0.1) is 17.4 Å². The zero-order chi connectivity index (χ0) is 22.4. The van der Waals surface area contributed by atoms with Crippen LogP contribution in [0.25, 0.3) is 21.8 Å². The van der Waals surface area contributed by atoms with E-state index in [9.17, 15) is 14.4 Å². The molecule has 32 heavy (non-hydrogen) atoms. The molecule has 0 amide bonds. The quantitative estimate of drug-likeness (QED) is 0.500. The maximum atomic E-state index is 13.4. The zero-order valence-electron chi connectivity index (χ0n) is 18.3. The van der Waals surface area contributed by atoms with E-state index in [0.29, 0.717) is 17.0 Å². The molecule has 1 saturated heterocycles. The lowest BCUT2D eigenvalue weighted by atomic mass is 10.1. The molecule has 5 rings (SSSR count). The van der Waals surface area contributed by atoms with E-state index < -0.39 is 5.56 Å². The van der Waals surface area contributed by atoms with Gasteiger partial charge in [0.15, 0.2) is 0 Å². The van der Waals surface area contributed by atoms with Crippen LogP contribution in [0.1, 0.15) is 16.8 Å². The molecule has 0 bridgehead atoms. The summed E-state index contributed by atoms with van der Waals surface area (Å²) in [7, 11) is 2.13. The fourth-order valence-corrected chi connectivity index (χ4v) is 4.52. The average molecular weight is 436 g/mol. The number of pyridine rings is 2. The van der Waals surface area contributed by atoms with E-state index in [4.69, 9.17) is 0 Å². The van der Waals surface area contributed by atoms with Gasteiger partial charge in [0, 0.05) is 56.2 Å². The third kappa shape index (κ3) is 3.65. The lowest BCUT2D eigenvalue weighted by Crippen LogP contribution is -2.43. The number of fused-ring (bicyclic) bond motifs is 3. The van der Waals surface area contributed by atoms with Gasteiger partial charge in [0.25, 0.3) is 0 Å². The van der Waals surface area contributed by atoms with Crippen molar-refractivity contribution >= 4 is 21.8 Å². The maximum Gasteiger partial charge on any atom is 0.309 e. The molecule has 4 heterocycles. The summed E-state index contributed by atoms with van der Waals surface area (Å²) >= 11 is 0. The highest BCUT2D eigenvalue weighted by Crippen LogP contribution is 2.30. The molecule has 1 aromatic carbocycles. The third-order valence-corrected chi connectivity index (χ3v) is 6.38. The molecule has 0 spiro atoms. The van der Waals surface area contributed by atoms with Gasteiger partial charge < -0.3 is 14.7 Å². The van der Waals surface area contributed by atoms with Crippen molar-refractivity contribution in [2.75, 3.05) is 33.2 Å². The van der Waals surface area contributed by atoms with Gasteiger partial charge in [-0.05, 0) is 43.3 Å². The fourth-order valence-electron chi connectivity index (χ4n) is 4.52. The van der Waals surface area contributed by atoms with Crippen LogP contribution in [-0.2, 0) is 13.1 Å². The second-order valence-corrected chi connectivity index (χ2v) is 8.67. The Morgan fingerprint density at radius 2 is 1.81 bits per heavy atom. The molecule has 0 radical (unpaired) electrons. The van der Waals surface area contributed by atoms with E-state index in [2.05, 4.69) is 32.6 Å². The van der Waals surface area contributed by atoms with Crippen LogP contribution in [0.5, 0.6) is 0 Å². The molecule has 1 aliphatic rings. The molecule has 4 aromatic rings. The van der Waals surface area contributed by atoms with Crippen LogP contribution >= 0.6 is 0 Å². The summed E-state index contributed by atoms with van der Waals surface area (Å²) in [6, 6.07) is 8.32. The van der Waals surface area contributed by atoms with E-state index in [-0.39, 0.29) is 11.3 Å². The summed E-state index contributed by atoms with van der Waals surface area (Å²) in [6.07, 6.45) is 3.82. The number of hydrogen-bond acceptors (Lipinski definition) is 5. The van der Waals surface area contributed by atoms with Crippen molar-refractivity contribution in [3.05, 3.63) is 75.7 Å². The molecule has 1 N–H and O–H groups in total. The van der Waals surface area contributed by atoms with Crippen molar-refractivity contribution in [1.29, 1.82) is 0 Å². The van der Waals surface area contributed by atoms with Crippen LogP contribution < -0.4 is 5.56 Å². The normalized spacial score (nSPS) is 15.7. The summed E-state index contributed by atoms with van der Waals surface area (Å²) in [4.78, 5) is 21.8. The van der Waals surface area contributed by atoms with E-state index >= 15 is 0 Å². The first-order chi connectivity index (χ1) is 15.4. The smallest absolute Gasteiger partial charge is 0.309 e. The van der Waals surface area contributed by atoms with Crippen molar-refractivity contribution in [2.45, 2.75) is 20.0 Å².